The van der Waals surface area contributed by atoms with Crippen LogP contribution in [0.5, 0.6) is 0 Å². The fourth-order valence-corrected chi connectivity index (χ4v) is 1.53. The van der Waals surface area contributed by atoms with E-state index in [1.54, 1.807) is 0 Å². The third kappa shape index (κ3) is 3.13. The largest absolute Gasteiger partial charge is 0.374 e. The smallest absolute Gasteiger partial charge is 0.0779 e. The molecule has 0 aliphatic carbocycles. The second-order valence-corrected chi connectivity index (χ2v) is 3.65. The van der Waals surface area contributed by atoms with E-state index in [9.17, 15) is 0 Å². The van der Waals surface area contributed by atoms with Gasteiger partial charge in [0, 0.05) is 25.2 Å². The summed E-state index contributed by atoms with van der Waals surface area (Å²) in [4.78, 5) is 0. The van der Waals surface area contributed by atoms with Gasteiger partial charge in [-0.1, -0.05) is 17.7 Å². The Morgan fingerprint density at radius 1 is 1.67 bits per heavy atom. The highest BCUT2D eigenvalue weighted by Crippen LogP contribution is 2.23. The van der Waals surface area contributed by atoms with Crippen molar-refractivity contribution in [2.75, 3.05) is 19.7 Å². The lowest BCUT2D eigenvalue weighted by Crippen LogP contribution is -2.37. The standard InChI is InChI=1S/C9H16ClNO/c1-9(4-2-7-12-9)8-11-6-3-5-10/h3,5,11H,2,4,6-8H2,1H3/b5-3+. The highest BCUT2D eigenvalue weighted by atomic mass is 35.5. The van der Waals surface area contributed by atoms with Crippen molar-refractivity contribution in [3.8, 4) is 0 Å². The van der Waals surface area contributed by atoms with Crippen LogP contribution < -0.4 is 5.32 Å². The Morgan fingerprint density at radius 2 is 2.50 bits per heavy atom. The molecule has 1 saturated heterocycles. The summed E-state index contributed by atoms with van der Waals surface area (Å²) in [6, 6.07) is 0. The van der Waals surface area contributed by atoms with Crippen LogP contribution in [0.3, 0.4) is 0 Å². The van der Waals surface area contributed by atoms with Crippen molar-refractivity contribution in [1.29, 1.82) is 0 Å². The normalized spacial score (nSPS) is 30.2. The molecule has 0 radical (unpaired) electrons. The summed E-state index contributed by atoms with van der Waals surface area (Å²) >= 11 is 5.38. The molecule has 1 rings (SSSR count). The first-order chi connectivity index (χ1) is 5.77. The van der Waals surface area contributed by atoms with Gasteiger partial charge in [-0.05, 0) is 19.8 Å². The van der Waals surface area contributed by atoms with Crippen molar-refractivity contribution in [2.24, 2.45) is 0 Å². The lowest BCUT2D eigenvalue weighted by atomic mass is 10.0. The Bertz CT molecular complexity index is 153. The van der Waals surface area contributed by atoms with E-state index in [1.807, 2.05) is 6.08 Å². The fraction of sp³-hybridized carbons (Fsp3) is 0.778. The van der Waals surface area contributed by atoms with Crippen LogP contribution in [0.2, 0.25) is 0 Å². The highest BCUT2D eigenvalue weighted by molar-refractivity contribution is 6.25. The van der Waals surface area contributed by atoms with Gasteiger partial charge in [0.15, 0.2) is 0 Å². The average Bonchev–Trinajstić information content (AvgIpc) is 2.47. The van der Waals surface area contributed by atoms with E-state index in [2.05, 4.69) is 12.2 Å². The van der Waals surface area contributed by atoms with Gasteiger partial charge in [-0.3, -0.25) is 0 Å². The van der Waals surface area contributed by atoms with Crippen molar-refractivity contribution in [3.05, 3.63) is 11.6 Å². The van der Waals surface area contributed by atoms with Crippen LogP contribution in [0.4, 0.5) is 0 Å². The van der Waals surface area contributed by atoms with Crippen LogP contribution in [-0.2, 0) is 4.74 Å². The molecule has 1 N–H and O–H groups in total. The van der Waals surface area contributed by atoms with Crippen LogP contribution >= 0.6 is 11.6 Å². The molecule has 1 fully saturated rings. The topological polar surface area (TPSA) is 21.3 Å². The maximum Gasteiger partial charge on any atom is 0.0779 e. The maximum absolute atomic E-state index is 5.60. The fourth-order valence-electron chi connectivity index (χ4n) is 1.44. The molecular weight excluding hydrogens is 174 g/mol. The summed E-state index contributed by atoms with van der Waals surface area (Å²) < 4.78 is 5.60. The zero-order valence-corrected chi connectivity index (χ0v) is 8.23. The third-order valence-electron chi connectivity index (χ3n) is 2.15. The van der Waals surface area contributed by atoms with E-state index in [1.165, 1.54) is 12.0 Å². The van der Waals surface area contributed by atoms with E-state index in [0.717, 1.165) is 26.1 Å². The van der Waals surface area contributed by atoms with Gasteiger partial charge < -0.3 is 10.1 Å². The van der Waals surface area contributed by atoms with Crippen LogP contribution in [0.1, 0.15) is 19.8 Å². The van der Waals surface area contributed by atoms with Crippen molar-refractivity contribution in [1.82, 2.24) is 5.32 Å². The minimum atomic E-state index is 0.0557. The predicted molar refractivity (Wildman–Crippen MR) is 51.5 cm³/mol. The summed E-state index contributed by atoms with van der Waals surface area (Å²) in [6.07, 6.45) is 4.23. The average molecular weight is 190 g/mol. The highest BCUT2D eigenvalue weighted by Gasteiger charge is 2.28. The number of ether oxygens (including phenoxy) is 1. The molecule has 0 spiro atoms. The molecule has 0 saturated carbocycles. The third-order valence-corrected chi connectivity index (χ3v) is 2.33. The molecule has 0 aromatic carbocycles. The van der Waals surface area contributed by atoms with E-state index >= 15 is 0 Å². The summed E-state index contributed by atoms with van der Waals surface area (Å²) in [5.74, 6) is 0. The number of rotatable bonds is 4. The Kier molecular flexibility index (Phi) is 4.06. The number of halogens is 1. The minimum Gasteiger partial charge on any atom is -0.374 e. The van der Waals surface area contributed by atoms with Gasteiger partial charge in [0.05, 0.1) is 5.60 Å². The van der Waals surface area contributed by atoms with Crippen molar-refractivity contribution < 1.29 is 4.74 Å². The molecule has 0 aromatic heterocycles. The van der Waals surface area contributed by atoms with Gasteiger partial charge in [0.2, 0.25) is 0 Å². The van der Waals surface area contributed by atoms with Gasteiger partial charge >= 0.3 is 0 Å². The van der Waals surface area contributed by atoms with E-state index < -0.39 is 0 Å². The second kappa shape index (κ2) is 4.85. The first-order valence-corrected chi connectivity index (χ1v) is 4.80. The summed E-state index contributed by atoms with van der Waals surface area (Å²) in [5.41, 5.74) is 1.59. The monoisotopic (exact) mass is 189 g/mol. The lowest BCUT2D eigenvalue weighted by Gasteiger charge is -2.22. The molecule has 3 heteroatoms. The Hall–Kier alpha value is -0.0500. The number of hydrogen-bond donors (Lipinski definition) is 1. The van der Waals surface area contributed by atoms with E-state index in [-0.39, 0.29) is 5.60 Å². The quantitative estimate of drug-likeness (QED) is 0.683. The minimum absolute atomic E-state index is 0.0557. The molecule has 1 unspecified atom stereocenters. The summed E-state index contributed by atoms with van der Waals surface area (Å²) in [6.45, 7) is 4.79. The van der Waals surface area contributed by atoms with Crippen molar-refractivity contribution in [2.45, 2.75) is 25.4 Å². The molecular formula is C9H16ClNO. The molecule has 1 heterocycles. The van der Waals surface area contributed by atoms with Crippen LogP contribution in [0.15, 0.2) is 11.6 Å². The molecule has 1 aliphatic heterocycles. The van der Waals surface area contributed by atoms with Gasteiger partial charge in [-0.15, -0.1) is 0 Å². The predicted octanol–water partition coefficient (Wildman–Crippen LogP) is 1.90. The van der Waals surface area contributed by atoms with Gasteiger partial charge in [0.25, 0.3) is 0 Å². The molecule has 70 valence electrons. The van der Waals surface area contributed by atoms with Crippen molar-refractivity contribution >= 4 is 11.6 Å². The van der Waals surface area contributed by atoms with Crippen LogP contribution in [0.25, 0.3) is 0 Å². The molecule has 12 heavy (non-hydrogen) atoms. The number of nitrogens with one attached hydrogen (secondary N) is 1. The van der Waals surface area contributed by atoms with E-state index in [4.69, 9.17) is 16.3 Å². The molecule has 0 amide bonds. The Balaban J connectivity index is 2.12. The zero-order valence-electron chi connectivity index (χ0n) is 7.48. The Morgan fingerprint density at radius 3 is 3.08 bits per heavy atom. The molecule has 1 atom stereocenters. The molecule has 0 aromatic rings. The maximum atomic E-state index is 5.60. The summed E-state index contributed by atoms with van der Waals surface area (Å²) in [7, 11) is 0. The molecule has 2 nitrogen and oxygen atoms in total. The Labute approximate surface area is 78.9 Å². The summed E-state index contributed by atoms with van der Waals surface area (Å²) in [5, 5.41) is 3.27. The zero-order chi connectivity index (χ0) is 8.86. The van der Waals surface area contributed by atoms with Crippen LogP contribution in [0, 0.1) is 0 Å². The van der Waals surface area contributed by atoms with Crippen LogP contribution in [-0.4, -0.2) is 25.3 Å². The van der Waals surface area contributed by atoms with Gasteiger partial charge in [0.1, 0.15) is 0 Å². The molecule has 1 aliphatic rings. The van der Waals surface area contributed by atoms with E-state index in [0.29, 0.717) is 0 Å². The molecule has 0 bridgehead atoms. The SMILES string of the molecule is CC1(CNC/C=C/Cl)CCCO1. The van der Waals surface area contributed by atoms with Gasteiger partial charge in [-0.25, -0.2) is 0 Å². The lowest BCUT2D eigenvalue weighted by molar-refractivity contribution is 0.0217. The van der Waals surface area contributed by atoms with Crippen molar-refractivity contribution in [3.63, 3.8) is 0 Å². The first kappa shape index (κ1) is 10.0. The number of hydrogen-bond acceptors (Lipinski definition) is 2. The second-order valence-electron chi connectivity index (χ2n) is 3.39. The van der Waals surface area contributed by atoms with Gasteiger partial charge in [-0.2, -0.15) is 0 Å². The first-order valence-electron chi connectivity index (χ1n) is 4.37.